The molecule has 2 unspecified atom stereocenters. The van der Waals surface area contributed by atoms with Gasteiger partial charge in [-0.1, -0.05) is 35.9 Å². The smallest absolute Gasteiger partial charge is 0.200 e. The monoisotopic (exact) mass is 291 g/mol. The molecule has 0 bridgehead atoms. The molecule has 0 radical (unpaired) electrons. The Hall–Kier alpha value is -1.94. The molecule has 0 saturated heterocycles. The van der Waals surface area contributed by atoms with E-state index in [1.54, 1.807) is 0 Å². The maximum absolute atomic E-state index is 13.7. The zero-order valence-corrected chi connectivity index (χ0v) is 12.4. The van der Waals surface area contributed by atoms with Gasteiger partial charge in [0.15, 0.2) is 11.6 Å². The molecule has 2 atom stereocenters. The highest BCUT2D eigenvalue weighted by Gasteiger charge is 2.21. The maximum Gasteiger partial charge on any atom is 0.200 e. The zero-order valence-electron chi connectivity index (χ0n) is 12.4. The molecule has 2 aromatic carbocycles. The molecule has 0 aliphatic heterocycles. The lowest BCUT2D eigenvalue weighted by Gasteiger charge is -2.25. The summed E-state index contributed by atoms with van der Waals surface area (Å²) in [4.78, 5) is 0. The third-order valence-corrected chi connectivity index (χ3v) is 3.45. The van der Waals surface area contributed by atoms with Gasteiger partial charge in [0.05, 0.1) is 6.04 Å². The number of nitrogens with one attached hydrogen (secondary N) is 1. The summed E-state index contributed by atoms with van der Waals surface area (Å²) in [5.41, 5.74) is 2.20. The Morgan fingerprint density at radius 1 is 1.05 bits per heavy atom. The Morgan fingerprint density at radius 2 is 1.71 bits per heavy atom. The Bertz CT molecular complexity index is 598. The van der Waals surface area contributed by atoms with Crippen LogP contribution in [0.2, 0.25) is 0 Å². The minimum Gasteiger partial charge on any atom is -0.486 e. The molecule has 2 nitrogen and oxygen atoms in total. The molecule has 0 fully saturated rings. The van der Waals surface area contributed by atoms with Crippen molar-refractivity contribution >= 4 is 0 Å². The van der Waals surface area contributed by atoms with Gasteiger partial charge in [0.25, 0.3) is 0 Å². The topological polar surface area (TPSA) is 21.3 Å². The lowest BCUT2D eigenvalue weighted by atomic mass is 10.0. The Morgan fingerprint density at radius 3 is 2.33 bits per heavy atom. The Balaban J connectivity index is 2.18. The molecule has 112 valence electrons. The predicted octanol–water partition coefficient (Wildman–Crippen LogP) is 4.00. The van der Waals surface area contributed by atoms with E-state index in [0.29, 0.717) is 0 Å². The second-order valence-corrected chi connectivity index (χ2v) is 5.05. The third-order valence-electron chi connectivity index (χ3n) is 3.45. The minimum absolute atomic E-state index is 0.0742. The van der Waals surface area contributed by atoms with Gasteiger partial charge in [0.1, 0.15) is 6.10 Å². The van der Waals surface area contributed by atoms with Crippen LogP contribution in [0.1, 0.15) is 24.1 Å². The summed E-state index contributed by atoms with van der Waals surface area (Å²) in [6.45, 7) is 3.84. The van der Waals surface area contributed by atoms with E-state index in [1.165, 1.54) is 17.7 Å². The van der Waals surface area contributed by atoms with Crippen molar-refractivity contribution in [1.82, 2.24) is 5.32 Å². The molecule has 1 N–H and O–H groups in total. The highest BCUT2D eigenvalue weighted by molar-refractivity contribution is 5.28. The number of likely N-dealkylation sites (N-methyl/N-ethyl adjacent to an activating group) is 1. The van der Waals surface area contributed by atoms with Crippen LogP contribution in [0.4, 0.5) is 8.78 Å². The molecule has 21 heavy (non-hydrogen) atoms. The molecule has 0 spiro atoms. The summed E-state index contributed by atoms with van der Waals surface area (Å²) < 4.78 is 32.5. The van der Waals surface area contributed by atoms with Crippen molar-refractivity contribution in [1.29, 1.82) is 0 Å². The van der Waals surface area contributed by atoms with E-state index in [1.807, 2.05) is 45.2 Å². The summed E-state index contributed by atoms with van der Waals surface area (Å²) in [5, 5.41) is 3.15. The minimum atomic E-state index is -0.955. The van der Waals surface area contributed by atoms with Crippen molar-refractivity contribution in [2.45, 2.75) is 26.0 Å². The first-order valence-corrected chi connectivity index (χ1v) is 6.87. The van der Waals surface area contributed by atoms with Gasteiger partial charge in [-0.15, -0.1) is 0 Å². The van der Waals surface area contributed by atoms with E-state index in [0.717, 1.165) is 11.6 Å². The van der Waals surface area contributed by atoms with E-state index in [2.05, 4.69) is 5.32 Å². The number of ether oxygens (including phenoxy) is 1. The number of hydrogen-bond acceptors (Lipinski definition) is 2. The molecule has 0 amide bonds. The van der Waals surface area contributed by atoms with Crippen LogP contribution in [0, 0.1) is 18.6 Å². The van der Waals surface area contributed by atoms with Gasteiger partial charge in [-0.25, -0.2) is 4.39 Å². The molecule has 4 heteroatoms. The summed E-state index contributed by atoms with van der Waals surface area (Å²) >= 11 is 0. The molecule has 0 aliphatic carbocycles. The zero-order chi connectivity index (χ0) is 15.4. The number of aryl methyl sites for hydroxylation is 1. The average molecular weight is 291 g/mol. The molecule has 2 aromatic rings. The first-order chi connectivity index (χ1) is 10.0. The molecule has 0 saturated carbocycles. The Kier molecular flexibility index (Phi) is 4.91. The van der Waals surface area contributed by atoms with Gasteiger partial charge in [0.2, 0.25) is 5.82 Å². The highest BCUT2D eigenvalue weighted by atomic mass is 19.2. The third kappa shape index (κ3) is 3.58. The van der Waals surface area contributed by atoms with Crippen molar-refractivity contribution < 1.29 is 13.5 Å². The highest BCUT2D eigenvalue weighted by Crippen LogP contribution is 2.25. The van der Waals surface area contributed by atoms with Gasteiger partial charge >= 0.3 is 0 Å². The quantitative estimate of drug-likeness (QED) is 0.899. The second kappa shape index (κ2) is 6.68. The van der Waals surface area contributed by atoms with E-state index in [9.17, 15) is 8.78 Å². The molecular formula is C17H19F2NO. The number of rotatable bonds is 5. The molecule has 0 aromatic heterocycles. The lowest BCUT2D eigenvalue weighted by Crippen LogP contribution is -2.31. The van der Waals surface area contributed by atoms with Crippen LogP contribution in [-0.4, -0.2) is 13.2 Å². The average Bonchev–Trinajstić information content (AvgIpc) is 2.47. The fourth-order valence-corrected chi connectivity index (χ4v) is 2.29. The summed E-state index contributed by atoms with van der Waals surface area (Å²) in [7, 11) is 1.81. The van der Waals surface area contributed by atoms with Crippen LogP contribution in [0.5, 0.6) is 5.75 Å². The van der Waals surface area contributed by atoms with Crippen LogP contribution < -0.4 is 10.1 Å². The molecule has 0 heterocycles. The standard InChI is InChI=1S/C17H19F2NO/c1-11-7-9-13(10-8-11)17(20-3)12(2)21-15-6-4-5-14(18)16(15)19/h4-10,12,17,20H,1-3H3. The van der Waals surface area contributed by atoms with Crippen LogP contribution in [0.3, 0.4) is 0 Å². The number of benzene rings is 2. The van der Waals surface area contributed by atoms with Crippen LogP contribution in [-0.2, 0) is 0 Å². The summed E-state index contributed by atoms with van der Waals surface area (Å²) in [6, 6.07) is 11.8. The van der Waals surface area contributed by atoms with Gasteiger partial charge in [-0.2, -0.15) is 4.39 Å². The lowest BCUT2D eigenvalue weighted by molar-refractivity contribution is 0.166. The van der Waals surface area contributed by atoms with Crippen molar-refractivity contribution in [3.8, 4) is 5.75 Å². The van der Waals surface area contributed by atoms with Crippen molar-refractivity contribution in [2.24, 2.45) is 0 Å². The van der Waals surface area contributed by atoms with Crippen molar-refractivity contribution in [3.05, 3.63) is 65.2 Å². The molecule has 0 aliphatic rings. The van der Waals surface area contributed by atoms with Crippen molar-refractivity contribution in [2.75, 3.05) is 7.05 Å². The number of hydrogen-bond donors (Lipinski definition) is 1. The van der Waals surface area contributed by atoms with Crippen LogP contribution in [0.15, 0.2) is 42.5 Å². The Labute approximate surface area is 123 Å². The van der Waals surface area contributed by atoms with E-state index >= 15 is 0 Å². The second-order valence-electron chi connectivity index (χ2n) is 5.05. The summed E-state index contributed by atoms with van der Waals surface area (Å²) in [6.07, 6.45) is -0.353. The number of halogens is 2. The van der Waals surface area contributed by atoms with E-state index in [-0.39, 0.29) is 17.9 Å². The maximum atomic E-state index is 13.7. The van der Waals surface area contributed by atoms with E-state index < -0.39 is 11.6 Å². The first kappa shape index (κ1) is 15.4. The fraction of sp³-hybridized carbons (Fsp3) is 0.294. The SMILES string of the molecule is CNC(c1ccc(C)cc1)C(C)Oc1cccc(F)c1F. The van der Waals surface area contributed by atoms with Crippen LogP contribution >= 0.6 is 0 Å². The summed E-state index contributed by atoms with van der Waals surface area (Å²) in [5.74, 6) is -1.94. The first-order valence-electron chi connectivity index (χ1n) is 6.87. The van der Waals surface area contributed by atoms with Crippen LogP contribution in [0.25, 0.3) is 0 Å². The van der Waals surface area contributed by atoms with Gasteiger partial charge in [-0.05, 0) is 38.6 Å². The largest absolute Gasteiger partial charge is 0.486 e. The van der Waals surface area contributed by atoms with Gasteiger partial charge < -0.3 is 10.1 Å². The fourth-order valence-electron chi connectivity index (χ4n) is 2.29. The molecule has 2 rings (SSSR count). The predicted molar refractivity (Wildman–Crippen MR) is 79.4 cm³/mol. The van der Waals surface area contributed by atoms with Gasteiger partial charge in [0, 0.05) is 0 Å². The van der Waals surface area contributed by atoms with E-state index in [4.69, 9.17) is 4.74 Å². The van der Waals surface area contributed by atoms with Gasteiger partial charge in [-0.3, -0.25) is 0 Å². The normalized spacial score (nSPS) is 13.8. The van der Waals surface area contributed by atoms with Crippen molar-refractivity contribution in [3.63, 3.8) is 0 Å². The molecular weight excluding hydrogens is 272 g/mol.